The van der Waals surface area contributed by atoms with E-state index >= 15 is 0 Å². The Morgan fingerprint density at radius 1 is 1.42 bits per heavy atom. The molecule has 1 aliphatic rings. The van der Waals surface area contributed by atoms with Crippen molar-refractivity contribution in [2.45, 2.75) is 52.0 Å². The van der Waals surface area contributed by atoms with Crippen LogP contribution < -0.4 is 5.73 Å². The molecule has 1 rings (SSSR count). The average Bonchev–Trinajstić information content (AvgIpc) is 2.35. The van der Waals surface area contributed by atoms with Gasteiger partial charge >= 0.3 is 5.97 Å². The van der Waals surface area contributed by atoms with Crippen LogP contribution in [0.3, 0.4) is 0 Å². The number of likely N-dealkylation sites (tertiary alicyclic amines) is 1. The van der Waals surface area contributed by atoms with Crippen LogP contribution in [-0.2, 0) is 9.59 Å². The van der Waals surface area contributed by atoms with Crippen LogP contribution in [0, 0.1) is 11.8 Å². The molecule has 2 unspecified atom stereocenters. The van der Waals surface area contributed by atoms with Gasteiger partial charge in [0.2, 0.25) is 5.91 Å². The normalized spacial score (nSPS) is 21.5. The van der Waals surface area contributed by atoms with E-state index in [2.05, 4.69) is 13.8 Å². The van der Waals surface area contributed by atoms with Crippen LogP contribution in [0.2, 0.25) is 0 Å². The summed E-state index contributed by atoms with van der Waals surface area (Å²) in [5.41, 5.74) is 5.93. The molecule has 0 spiro atoms. The molecule has 5 nitrogen and oxygen atoms in total. The fourth-order valence-electron chi connectivity index (χ4n) is 2.67. The maximum Gasteiger partial charge on any atom is 0.303 e. The van der Waals surface area contributed by atoms with Gasteiger partial charge in [0.05, 0.1) is 6.04 Å². The number of carbonyl (C=O) groups excluding carboxylic acids is 1. The predicted octanol–water partition coefficient (Wildman–Crippen LogP) is 1.46. The maximum atomic E-state index is 12.2. The van der Waals surface area contributed by atoms with Crippen molar-refractivity contribution in [1.29, 1.82) is 0 Å². The summed E-state index contributed by atoms with van der Waals surface area (Å²) in [6.45, 7) is 5.53. The molecule has 110 valence electrons. The van der Waals surface area contributed by atoms with E-state index in [0.29, 0.717) is 31.2 Å². The van der Waals surface area contributed by atoms with Gasteiger partial charge in [0.25, 0.3) is 0 Å². The van der Waals surface area contributed by atoms with Crippen LogP contribution in [0.1, 0.15) is 46.0 Å². The average molecular weight is 270 g/mol. The number of nitrogens with two attached hydrogens (primary N) is 1. The first kappa shape index (κ1) is 16.0. The fraction of sp³-hybridized carbons (Fsp3) is 0.857. The zero-order chi connectivity index (χ0) is 14.4. The first-order valence-electron chi connectivity index (χ1n) is 7.16. The second kappa shape index (κ2) is 7.48. The Kier molecular flexibility index (Phi) is 6.28. The second-order valence-corrected chi connectivity index (χ2v) is 5.96. The van der Waals surface area contributed by atoms with Crippen LogP contribution in [0.5, 0.6) is 0 Å². The number of rotatable bonds is 6. The van der Waals surface area contributed by atoms with Gasteiger partial charge in [-0.1, -0.05) is 13.8 Å². The van der Waals surface area contributed by atoms with E-state index in [1.807, 2.05) is 4.90 Å². The summed E-state index contributed by atoms with van der Waals surface area (Å²) in [7, 11) is 0. The molecule has 0 saturated carbocycles. The number of aliphatic carboxylic acids is 1. The van der Waals surface area contributed by atoms with Crippen molar-refractivity contribution in [3.8, 4) is 0 Å². The van der Waals surface area contributed by atoms with Crippen molar-refractivity contribution in [3.63, 3.8) is 0 Å². The lowest BCUT2D eigenvalue weighted by molar-refractivity contribution is -0.137. The van der Waals surface area contributed by atoms with Crippen LogP contribution in [0.4, 0.5) is 0 Å². The third kappa shape index (κ3) is 5.59. The smallest absolute Gasteiger partial charge is 0.303 e. The molecule has 1 fully saturated rings. The van der Waals surface area contributed by atoms with E-state index in [0.717, 1.165) is 19.4 Å². The van der Waals surface area contributed by atoms with Gasteiger partial charge in [0.1, 0.15) is 0 Å². The summed E-state index contributed by atoms with van der Waals surface area (Å²) in [5.74, 6) is -0.0275. The van der Waals surface area contributed by atoms with Gasteiger partial charge < -0.3 is 15.7 Å². The fourth-order valence-corrected chi connectivity index (χ4v) is 2.67. The highest BCUT2D eigenvalue weighted by molar-refractivity contribution is 5.81. The lowest BCUT2D eigenvalue weighted by Gasteiger charge is -2.34. The number of hydrogen-bond donors (Lipinski definition) is 2. The Hall–Kier alpha value is -1.10. The van der Waals surface area contributed by atoms with Gasteiger partial charge in [-0.2, -0.15) is 0 Å². The molecule has 3 N–H and O–H groups in total. The monoisotopic (exact) mass is 270 g/mol. The minimum Gasteiger partial charge on any atom is -0.481 e. The first-order chi connectivity index (χ1) is 8.90. The number of amides is 1. The quantitative estimate of drug-likeness (QED) is 0.765. The van der Waals surface area contributed by atoms with Crippen LogP contribution in [-0.4, -0.2) is 41.0 Å². The molecule has 0 radical (unpaired) electrons. The highest BCUT2D eigenvalue weighted by atomic mass is 16.4. The molecular weight excluding hydrogens is 244 g/mol. The lowest BCUT2D eigenvalue weighted by Crippen LogP contribution is -2.48. The standard InChI is InChI=1S/C14H26N2O3/c1-10(2)8-12(15)14(19)16-7-3-4-11(9-16)5-6-13(17)18/h10-12H,3-9,15H2,1-2H3,(H,17,18). The van der Waals surface area contributed by atoms with Crippen molar-refractivity contribution in [2.75, 3.05) is 13.1 Å². The largest absolute Gasteiger partial charge is 0.481 e. The summed E-state index contributed by atoms with van der Waals surface area (Å²) in [6.07, 6.45) is 3.50. The van der Waals surface area contributed by atoms with Crippen molar-refractivity contribution in [1.82, 2.24) is 4.90 Å². The molecule has 5 heteroatoms. The first-order valence-corrected chi connectivity index (χ1v) is 7.16. The van der Waals surface area contributed by atoms with E-state index in [1.165, 1.54) is 0 Å². The molecule has 2 atom stereocenters. The summed E-state index contributed by atoms with van der Waals surface area (Å²) in [4.78, 5) is 24.6. The Balaban J connectivity index is 2.44. The molecule has 0 aromatic carbocycles. The molecule has 1 saturated heterocycles. The lowest BCUT2D eigenvalue weighted by atomic mass is 9.92. The number of piperidine rings is 1. The van der Waals surface area contributed by atoms with Gasteiger partial charge in [0.15, 0.2) is 0 Å². The van der Waals surface area contributed by atoms with Crippen LogP contribution >= 0.6 is 0 Å². The molecule has 1 aliphatic heterocycles. The highest BCUT2D eigenvalue weighted by Gasteiger charge is 2.27. The van der Waals surface area contributed by atoms with Gasteiger partial charge in [-0.05, 0) is 37.5 Å². The van der Waals surface area contributed by atoms with Crippen molar-refractivity contribution in [2.24, 2.45) is 17.6 Å². The third-order valence-corrected chi connectivity index (χ3v) is 3.64. The molecule has 0 aromatic rings. The molecule has 0 bridgehead atoms. The topological polar surface area (TPSA) is 83.6 Å². The molecule has 1 heterocycles. The zero-order valence-corrected chi connectivity index (χ0v) is 12.0. The van der Waals surface area contributed by atoms with Crippen LogP contribution in [0.15, 0.2) is 0 Å². The number of carboxylic acids is 1. The van der Waals surface area contributed by atoms with Crippen molar-refractivity contribution in [3.05, 3.63) is 0 Å². The number of carbonyl (C=O) groups is 2. The Morgan fingerprint density at radius 2 is 2.11 bits per heavy atom. The van der Waals surface area contributed by atoms with Gasteiger partial charge in [-0.3, -0.25) is 9.59 Å². The Labute approximate surface area is 115 Å². The zero-order valence-electron chi connectivity index (χ0n) is 12.0. The molecule has 1 amide bonds. The molecular formula is C14H26N2O3. The Morgan fingerprint density at radius 3 is 2.68 bits per heavy atom. The third-order valence-electron chi connectivity index (χ3n) is 3.64. The van der Waals surface area contributed by atoms with Gasteiger partial charge in [-0.25, -0.2) is 0 Å². The summed E-state index contributed by atoms with van der Waals surface area (Å²) < 4.78 is 0. The SMILES string of the molecule is CC(C)CC(N)C(=O)N1CCCC(CCC(=O)O)C1. The highest BCUT2D eigenvalue weighted by Crippen LogP contribution is 2.22. The van der Waals surface area contributed by atoms with E-state index in [-0.39, 0.29) is 12.3 Å². The molecule has 19 heavy (non-hydrogen) atoms. The van der Waals surface area contributed by atoms with E-state index in [1.54, 1.807) is 0 Å². The number of carboxylic acid groups (broad SMARTS) is 1. The van der Waals surface area contributed by atoms with E-state index in [4.69, 9.17) is 10.8 Å². The number of nitrogens with zero attached hydrogens (tertiary/aromatic N) is 1. The number of hydrogen-bond acceptors (Lipinski definition) is 3. The van der Waals surface area contributed by atoms with Gasteiger partial charge in [0, 0.05) is 19.5 Å². The summed E-state index contributed by atoms with van der Waals surface area (Å²) in [6, 6.07) is -0.418. The predicted molar refractivity (Wildman–Crippen MR) is 73.6 cm³/mol. The van der Waals surface area contributed by atoms with Crippen molar-refractivity contribution < 1.29 is 14.7 Å². The second-order valence-electron chi connectivity index (χ2n) is 5.96. The Bertz CT molecular complexity index is 318. The van der Waals surface area contributed by atoms with Gasteiger partial charge in [-0.15, -0.1) is 0 Å². The summed E-state index contributed by atoms with van der Waals surface area (Å²) >= 11 is 0. The maximum absolute atomic E-state index is 12.2. The molecule has 0 aliphatic carbocycles. The van der Waals surface area contributed by atoms with E-state index in [9.17, 15) is 9.59 Å². The van der Waals surface area contributed by atoms with E-state index < -0.39 is 12.0 Å². The minimum absolute atomic E-state index is 0.0220. The van der Waals surface area contributed by atoms with Crippen molar-refractivity contribution >= 4 is 11.9 Å². The molecule has 0 aromatic heterocycles. The summed E-state index contributed by atoms with van der Waals surface area (Å²) in [5, 5.41) is 8.71. The minimum atomic E-state index is -0.764. The van der Waals surface area contributed by atoms with Crippen LogP contribution in [0.25, 0.3) is 0 Å².